The standard InChI is InChI=1S/C13H23NO5/c1-13(2,3)19-12(17)14-8-5-9-18-10(14)6-4-7-11(15)16/h10H,4-9H2,1-3H3,(H,15,16). The predicted molar refractivity (Wildman–Crippen MR) is 68.8 cm³/mol. The van der Waals surface area contributed by atoms with Gasteiger partial charge in [0, 0.05) is 13.0 Å². The molecule has 0 saturated carbocycles. The average molecular weight is 273 g/mol. The summed E-state index contributed by atoms with van der Waals surface area (Å²) in [6.07, 6.45) is 1.09. The number of ether oxygens (including phenoxy) is 2. The van der Waals surface area contributed by atoms with Gasteiger partial charge in [0.25, 0.3) is 0 Å². The van der Waals surface area contributed by atoms with E-state index in [2.05, 4.69) is 0 Å². The summed E-state index contributed by atoms with van der Waals surface area (Å²) in [5.41, 5.74) is -0.542. The van der Waals surface area contributed by atoms with E-state index >= 15 is 0 Å². The van der Waals surface area contributed by atoms with E-state index in [9.17, 15) is 9.59 Å². The van der Waals surface area contributed by atoms with Crippen molar-refractivity contribution in [1.29, 1.82) is 0 Å². The smallest absolute Gasteiger partial charge is 0.412 e. The van der Waals surface area contributed by atoms with Crippen molar-refractivity contribution in [1.82, 2.24) is 4.90 Å². The van der Waals surface area contributed by atoms with E-state index in [-0.39, 0.29) is 12.6 Å². The highest BCUT2D eigenvalue weighted by atomic mass is 16.6. The SMILES string of the molecule is CC(C)(C)OC(=O)N1CCCOC1CCCC(=O)O. The van der Waals surface area contributed by atoms with Crippen LogP contribution in [0.15, 0.2) is 0 Å². The second kappa shape index (κ2) is 6.75. The molecule has 0 aromatic heterocycles. The number of hydrogen-bond donors (Lipinski definition) is 1. The first kappa shape index (κ1) is 15.8. The van der Waals surface area contributed by atoms with Gasteiger partial charge < -0.3 is 14.6 Å². The number of carbonyl (C=O) groups is 2. The minimum Gasteiger partial charge on any atom is -0.481 e. The van der Waals surface area contributed by atoms with E-state index in [4.69, 9.17) is 14.6 Å². The molecule has 6 heteroatoms. The Hall–Kier alpha value is -1.30. The van der Waals surface area contributed by atoms with Crippen LogP contribution < -0.4 is 0 Å². The summed E-state index contributed by atoms with van der Waals surface area (Å²) >= 11 is 0. The number of nitrogens with zero attached hydrogens (tertiary/aromatic N) is 1. The number of carbonyl (C=O) groups excluding carboxylic acids is 1. The third kappa shape index (κ3) is 5.92. The summed E-state index contributed by atoms with van der Waals surface area (Å²) in [7, 11) is 0. The lowest BCUT2D eigenvalue weighted by Gasteiger charge is -2.36. The Kier molecular flexibility index (Phi) is 5.60. The molecule has 1 unspecified atom stereocenters. The number of aliphatic carboxylic acids is 1. The van der Waals surface area contributed by atoms with E-state index in [1.54, 1.807) is 4.90 Å². The molecular weight excluding hydrogens is 250 g/mol. The molecule has 1 fully saturated rings. The summed E-state index contributed by atoms with van der Waals surface area (Å²) in [6.45, 7) is 6.63. The second-order valence-corrected chi connectivity index (χ2v) is 5.64. The topological polar surface area (TPSA) is 76.1 Å². The van der Waals surface area contributed by atoms with Crippen LogP contribution in [0.5, 0.6) is 0 Å². The zero-order valence-corrected chi connectivity index (χ0v) is 11.8. The maximum Gasteiger partial charge on any atom is 0.412 e. The highest BCUT2D eigenvalue weighted by Crippen LogP contribution is 2.19. The van der Waals surface area contributed by atoms with Crippen molar-refractivity contribution in [2.75, 3.05) is 13.2 Å². The van der Waals surface area contributed by atoms with Crippen LogP contribution in [-0.4, -0.2) is 47.0 Å². The molecule has 1 aliphatic rings. The zero-order valence-electron chi connectivity index (χ0n) is 11.8. The number of carboxylic acids is 1. The minimum atomic E-state index is -0.834. The Bertz CT molecular complexity index is 323. The fourth-order valence-corrected chi connectivity index (χ4v) is 1.88. The second-order valence-electron chi connectivity index (χ2n) is 5.64. The van der Waals surface area contributed by atoms with E-state index in [0.717, 1.165) is 6.42 Å². The molecular formula is C13H23NO5. The zero-order chi connectivity index (χ0) is 14.5. The molecule has 19 heavy (non-hydrogen) atoms. The summed E-state index contributed by atoms with van der Waals surface area (Å²) in [6, 6.07) is 0. The molecule has 1 atom stereocenters. The summed E-state index contributed by atoms with van der Waals surface area (Å²) in [5.74, 6) is -0.834. The van der Waals surface area contributed by atoms with Gasteiger partial charge in [-0.3, -0.25) is 9.69 Å². The van der Waals surface area contributed by atoms with Crippen molar-refractivity contribution in [2.24, 2.45) is 0 Å². The largest absolute Gasteiger partial charge is 0.481 e. The van der Waals surface area contributed by atoms with Gasteiger partial charge in [-0.2, -0.15) is 0 Å². The highest BCUT2D eigenvalue weighted by Gasteiger charge is 2.30. The molecule has 0 aliphatic carbocycles. The van der Waals surface area contributed by atoms with Crippen LogP contribution in [0.4, 0.5) is 4.79 Å². The lowest BCUT2D eigenvalue weighted by atomic mass is 10.2. The number of carboxylic acid groups (broad SMARTS) is 1. The molecule has 1 rings (SSSR count). The van der Waals surface area contributed by atoms with Crippen molar-refractivity contribution in [2.45, 2.75) is 58.3 Å². The van der Waals surface area contributed by atoms with Crippen molar-refractivity contribution < 1.29 is 24.2 Å². The van der Waals surface area contributed by atoms with Gasteiger partial charge >= 0.3 is 12.1 Å². The first-order valence-corrected chi connectivity index (χ1v) is 6.62. The van der Waals surface area contributed by atoms with E-state index in [1.165, 1.54) is 0 Å². The van der Waals surface area contributed by atoms with Gasteiger partial charge in [-0.15, -0.1) is 0 Å². The molecule has 1 heterocycles. The summed E-state index contributed by atoms with van der Waals surface area (Å²) in [4.78, 5) is 24.1. The van der Waals surface area contributed by atoms with Gasteiger partial charge in [-0.05, 0) is 40.0 Å². The third-order valence-electron chi connectivity index (χ3n) is 2.67. The Morgan fingerprint density at radius 2 is 2.11 bits per heavy atom. The predicted octanol–water partition coefficient (Wildman–Crippen LogP) is 2.22. The fraction of sp³-hybridized carbons (Fsp3) is 0.846. The van der Waals surface area contributed by atoms with Crippen LogP contribution in [0.3, 0.4) is 0 Å². The van der Waals surface area contributed by atoms with Crippen LogP contribution in [0.2, 0.25) is 0 Å². The molecule has 1 N–H and O–H groups in total. The Labute approximate surface area is 113 Å². The molecule has 1 amide bonds. The number of rotatable bonds is 4. The molecule has 0 radical (unpaired) electrons. The van der Waals surface area contributed by atoms with Gasteiger partial charge in [-0.1, -0.05) is 0 Å². The van der Waals surface area contributed by atoms with Gasteiger partial charge in [0.15, 0.2) is 0 Å². The Morgan fingerprint density at radius 3 is 2.68 bits per heavy atom. The summed E-state index contributed by atoms with van der Waals surface area (Å²) < 4.78 is 10.9. The Morgan fingerprint density at radius 1 is 1.42 bits per heavy atom. The molecule has 1 aliphatic heterocycles. The monoisotopic (exact) mass is 273 g/mol. The molecule has 0 spiro atoms. The van der Waals surface area contributed by atoms with Gasteiger partial charge in [0.1, 0.15) is 11.8 Å². The van der Waals surface area contributed by atoms with Crippen molar-refractivity contribution >= 4 is 12.1 Å². The quantitative estimate of drug-likeness (QED) is 0.850. The van der Waals surface area contributed by atoms with Crippen LogP contribution in [0, 0.1) is 0 Å². The van der Waals surface area contributed by atoms with Crippen molar-refractivity contribution in [3.63, 3.8) is 0 Å². The van der Waals surface area contributed by atoms with Crippen LogP contribution in [0.1, 0.15) is 46.5 Å². The molecule has 6 nitrogen and oxygen atoms in total. The van der Waals surface area contributed by atoms with Crippen molar-refractivity contribution in [3.8, 4) is 0 Å². The van der Waals surface area contributed by atoms with E-state index in [0.29, 0.717) is 26.0 Å². The third-order valence-corrected chi connectivity index (χ3v) is 2.67. The average Bonchev–Trinajstić information content (AvgIpc) is 2.26. The number of hydrogen-bond acceptors (Lipinski definition) is 4. The molecule has 0 aromatic rings. The van der Waals surface area contributed by atoms with E-state index < -0.39 is 17.7 Å². The first-order chi connectivity index (χ1) is 8.79. The Balaban J connectivity index is 2.51. The first-order valence-electron chi connectivity index (χ1n) is 6.62. The fourth-order valence-electron chi connectivity index (χ4n) is 1.88. The number of amides is 1. The van der Waals surface area contributed by atoms with Crippen molar-refractivity contribution in [3.05, 3.63) is 0 Å². The van der Waals surface area contributed by atoms with Gasteiger partial charge in [0.05, 0.1) is 6.61 Å². The highest BCUT2D eigenvalue weighted by molar-refractivity contribution is 5.68. The van der Waals surface area contributed by atoms with Gasteiger partial charge in [0.2, 0.25) is 0 Å². The van der Waals surface area contributed by atoms with Gasteiger partial charge in [-0.25, -0.2) is 4.79 Å². The maximum absolute atomic E-state index is 12.0. The van der Waals surface area contributed by atoms with E-state index in [1.807, 2.05) is 20.8 Å². The maximum atomic E-state index is 12.0. The van der Waals surface area contributed by atoms with Crippen LogP contribution in [0.25, 0.3) is 0 Å². The lowest BCUT2D eigenvalue weighted by molar-refractivity contribution is -0.137. The van der Waals surface area contributed by atoms with Crippen LogP contribution in [-0.2, 0) is 14.3 Å². The minimum absolute atomic E-state index is 0.0853. The van der Waals surface area contributed by atoms with Crippen LogP contribution >= 0.6 is 0 Å². The molecule has 0 bridgehead atoms. The lowest BCUT2D eigenvalue weighted by Crippen LogP contribution is -2.48. The molecule has 110 valence electrons. The summed E-state index contributed by atoms with van der Waals surface area (Å²) in [5, 5.41) is 8.62. The normalized spacial score (nSPS) is 20.2. The molecule has 0 aromatic carbocycles. The molecule has 1 saturated heterocycles.